The Morgan fingerprint density at radius 1 is 1.09 bits per heavy atom. The number of carbonyl (C=O) groups is 1. The van der Waals surface area contributed by atoms with Gasteiger partial charge in [-0.1, -0.05) is 49.7 Å². The smallest absolute Gasteiger partial charge is 0.196 e. The summed E-state index contributed by atoms with van der Waals surface area (Å²) in [6, 6.07) is 12.8. The van der Waals surface area contributed by atoms with E-state index < -0.39 is 0 Å². The highest BCUT2D eigenvalue weighted by Crippen LogP contribution is 2.30. The zero-order chi connectivity index (χ0) is 16.1. The van der Waals surface area contributed by atoms with Crippen LogP contribution < -0.4 is 0 Å². The van der Waals surface area contributed by atoms with E-state index in [1.165, 1.54) is 0 Å². The van der Waals surface area contributed by atoms with Crippen molar-refractivity contribution < 1.29 is 9.90 Å². The van der Waals surface area contributed by atoms with Crippen molar-refractivity contribution in [1.29, 1.82) is 0 Å². The number of hydrogen-bond acceptors (Lipinski definition) is 3. The lowest BCUT2D eigenvalue weighted by atomic mass is 9.94. The Labute approximate surface area is 132 Å². The highest BCUT2D eigenvalue weighted by molar-refractivity contribution is 6.10. The first-order valence-electron chi connectivity index (χ1n) is 7.62. The molecule has 3 nitrogen and oxygen atoms in total. The minimum atomic E-state index is -0.133. The molecule has 0 heterocycles. The summed E-state index contributed by atoms with van der Waals surface area (Å²) in [6.07, 6.45) is 1.70. The third kappa shape index (κ3) is 3.55. The van der Waals surface area contributed by atoms with Crippen molar-refractivity contribution in [2.45, 2.75) is 26.3 Å². The monoisotopic (exact) mass is 297 g/mol. The Morgan fingerprint density at radius 3 is 2.36 bits per heavy atom. The van der Waals surface area contributed by atoms with Gasteiger partial charge in [-0.25, -0.2) is 0 Å². The molecule has 2 aromatic carbocycles. The SMILES string of the molecule is CCCc1c(CN(C)C)ccc(C(=O)c2ccccc2)c1O. The van der Waals surface area contributed by atoms with Crippen molar-refractivity contribution in [3.05, 3.63) is 64.7 Å². The Balaban J connectivity index is 2.45. The van der Waals surface area contributed by atoms with Gasteiger partial charge in [0.15, 0.2) is 5.78 Å². The Hall–Kier alpha value is -2.13. The Kier molecular flexibility index (Phi) is 5.34. The van der Waals surface area contributed by atoms with Gasteiger partial charge >= 0.3 is 0 Å². The van der Waals surface area contributed by atoms with E-state index in [4.69, 9.17) is 0 Å². The third-order valence-electron chi connectivity index (χ3n) is 3.65. The third-order valence-corrected chi connectivity index (χ3v) is 3.65. The van der Waals surface area contributed by atoms with E-state index in [-0.39, 0.29) is 11.5 Å². The number of hydrogen-bond donors (Lipinski definition) is 1. The molecule has 0 amide bonds. The normalized spacial score (nSPS) is 10.9. The maximum absolute atomic E-state index is 12.6. The summed E-state index contributed by atoms with van der Waals surface area (Å²) in [6.45, 7) is 2.83. The second-order valence-corrected chi connectivity index (χ2v) is 5.78. The maximum atomic E-state index is 12.6. The number of carbonyl (C=O) groups excluding carboxylic acids is 1. The highest BCUT2D eigenvalue weighted by atomic mass is 16.3. The molecular formula is C19H23NO2. The summed E-state index contributed by atoms with van der Waals surface area (Å²) in [5.41, 5.74) is 2.95. The summed E-state index contributed by atoms with van der Waals surface area (Å²) in [7, 11) is 3.99. The average molecular weight is 297 g/mol. The maximum Gasteiger partial charge on any atom is 0.196 e. The van der Waals surface area contributed by atoms with Crippen LogP contribution in [0.25, 0.3) is 0 Å². The van der Waals surface area contributed by atoms with Crippen LogP contribution in [0, 0.1) is 0 Å². The molecule has 0 saturated heterocycles. The van der Waals surface area contributed by atoms with Gasteiger partial charge in [0.05, 0.1) is 5.56 Å². The van der Waals surface area contributed by atoms with Crippen LogP contribution in [0.15, 0.2) is 42.5 Å². The molecule has 0 unspecified atom stereocenters. The van der Waals surface area contributed by atoms with Gasteiger partial charge in [0.2, 0.25) is 0 Å². The van der Waals surface area contributed by atoms with Gasteiger partial charge in [0.25, 0.3) is 0 Å². The van der Waals surface area contributed by atoms with Gasteiger partial charge < -0.3 is 10.0 Å². The predicted molar refractivity (Wildman–Crippen MR) is 89.4 cm³/mol. The van der Waals surface area contributed by atoms with Crippen LogP contribution in [0.4, 0.5) is 0 Å². The second kappa shape index (κ2) is 7.23. The minimum absolute atomic E-state index is 0.133. The minimum Gasteiger partial charge on any atom is -0.507 e. The van der Waals surface area contributed by atoms with Gasteiger partial charge in [-0.3, -0.25) is 4.79 Å². The van der Waals surface area contributed by atoms with E-state index in [1.807, 2.05) is 38.4 Å². The van der Waals surface area contributed by atoms with Crippen molar-refractivity contribution in [3.63, 3.8) is 0 Å². The molecule has 0 bridgehead atoms. The number of aromatic hydroxyl groups is 1. The number of phenols is 1. The van der Waals surface area contributed by atoms with E-state index in [0.29, 0.717) is 11.1 Å². The van der Waals surface area contributed by atoms with Crippen molar-refractivity contribution in [1.82, 2.24) is 4.90 Å². The van der Waals surface area contributed by atoms with Crippen molar-refractivity contribution in [3.8, 4) is 5.75 Å². The molecule has 2 aromatic rings. The van der Waals surface area contributed by atoms with E-state index in [1.54, 1.807) is 18.2 Å². The second-order valence-electron chi connectivity index (χ2n) is 5.78. The predicted octanol–water partition coefficient (Wildman–Crippen LogP) is 3.64. The molecule has 2 rings (SSSR count). The van der Waals surface area contributed by atoms with Crippen LogP contribution in [0.1, 0.15) is 40.4 Å². The van der Waals surface area contributed by atoms with Gasteiger partial charge in [-0.2, -0.15) is 0 Å². The fraction of sp³-hybridized carbons (Fsp3) is 0.316. The van der Waals surface area contributed by atoms with Crippen molar-refractivity contribution >= 4 is 5.78 Å². The van der Waals surface area contributed by atoms with Crippen LogP contribution in [0.2, 0.25) is 0 Å². The van der Waals surface area contributed by atoms with E-state index in [0.717, 1.165) is 30.5 Å². The van der Waals surface area contributed by atoms with Crippen molar-refractivity contribution in [2.24, 2.45) is 0 Å². The first kappa shape index (κ1) is 16.2. The molecule has 0 atom stereocenters. The lowest BCUT2D eigenvalue weighted by Gasteiger charge is -2.17. The zero-order valence-electron chi connectivity index (χ0n) is 13.5. The molecule has 0 aliphatic carbocycles. The zero-order valence-corrected chi connectivity index (χ0v) is 13.5. The summed E-state index contributed by atoms with van der Waals surface area (Å²) >= 11 is 0. The number of benzene rings is 2. The molecule has 22 heavy (non-hydrogen) atoms. The van der Waals surface area contributed by atoms with Crippen LogP contribution in [-0.4, -0.2) is 29.9 Å². The molecule has 0 radical (unpaired) electrons. The lowest BCUT2D eigenvalue weighted by Crippen LogP contribution is -2.13. The summed E-state index contributed by atoms with van der Waals surface area (Å²) in [5.74, 6) is 0.00177. The molecule has 0 aromatic heterocycles. The molecule has 1 N–H and O–H groups in total. The molecule has 0 aliphatic rings. The quantitative estimate of drug-likeness (QED) is 0.828. The van der Waals surface area contributed by atoms with Gasteiger partial charge in [-0.15, -0.1) is 0 Å². The molecule has 0 fully saturated rings. The number of nitrogens with zero attached hydrogens (tertiary/aromatic N) is 1. The Morgan fingerprint density at radius 2 is 1.77 bits per heavy atom. The molecule has 0 spiro atoms. The highest BCUT2D eigenvalue weighted by Gasteiger charge is 2.18. The van der Waals surface area contributed by atoms with E-state index in [9.17, 15) is 9.90 Å². The number of phenolic OH excluding ortho intramolecular Hbond substituents is 1. The van der Waals surface area contributed by atoms with E-state index in [2.05, 4.69) is 11.8 Å². The Bertz CT molecular complexity index is 648. The summed E-state index contributed by atoms with van der Waals surface area (Å²) < 4.78 is 0. The van der Waals surface area contributed by atoms with Gasteiger partial charge in [-0.05, 0) is 37.7 Å². The first-order valence-corrected chi connectivity index (χ1v) is 7.62. The van der Waals surface area contributed by atoms with Crippen LogP contribution in [0.3, 0.4) is 0 Å². The average Bonchev–Trinajstić information content (AvgIpc) is 2.51. The molecule has 0 aliphatic heterocycles. The first-order chi connectivity index (χ1) is 10.5. The number of rotatable bonds is 6. The molecule has 0 saturated carbocycles. The van der Waals surface area contributed by atoms with Crippen LogP contribution in [0.5, 0.6) is 5.75 Å². The molecule has 116 valence electrons. The summed E-state index contributed by atoms with van der Waals surface area (Å²) in [5, 5.41) is 10.6. The lowest BCUT2D eigenvalue weighted by molar-refractivity contribution is 0.103. The topological polar surface area (TPSA) is 40.5 Å². The fourth-order valence-corrected chi connectivity index (χ4v) is 2.62. The van der Waals surface area contributed by atoms with Gasteiger partial charge in [0, 0.05) is 12.1 Å². The van der Waals surface area contributed by atoms with Gasteiger partial charge in [0.1, 0.15) is 5.75 Å². The number of ketones is 1. The van der Waals surface area contributed by atoms with Crippen LogP contribution >= 0.6 is 0 Å². The van der Waals surface area contributed by atoms with E-state index >= 15 is 0 Å². The fourth-order valence-electron chi connectivity index (χ4n) is 2.62. The molecule has 3 heteroatoms. The van der Waals surface area contributed by atoms with Crippen LogP contribution in [-0.2, 0) is 13.0 Å². The summed E-state index contributed by atoms with van der Waals surface area (Å²) in [4.78, 5) is 14.6. The van der Waals surface area contributed by atoms with Crippen molar-refractivity contribution in [2.75, 3.05) is 14.1 Å². The molecular weight excluding hydrogens is 274 g/mol. The standard InChI is InChI=1S/C19H23NO2/c1-4-8-16-15(13-20(2)3)11-12-17(19(16)22)18(21)14-9-6-5-7-10-14/h5-7,9-12,22H,4,8,13H2,1-3H3. The largest absolute Gasteiger partial charge is 0.507 e.